The largest absolute Gasteiger partial charge is 0.490 e. The van der Waals surface area contributed by atoms with Gasteiger partial charge < -0.3 is 14.8 Å². The lowest BCUT2D eigenvalue weighted by Crippen LogP contribution is -2.14. The van der Waals surface area contributed by atoms with Gasteiger partial charge in [0.15, 0.2) is 11.5 Å². The fourth-order valence-electron chi connectivity index (χ4n) is 2.35. The molecule has 0 atom stereocenters. The maximum Gasteiger partial charge on any atom is 0.266 e. The van der Waals surface area contributed by atoms with Crippen LogP contribution < -0.4 is 14.8 Å². The summed E-state index contributed by atoms with van der Waals surface area (Å²) in [7, 11) is 0. The molecule has 0 aliphatic heterocycles. The number of nitriles is 1. The van der Waals surface area contributed by atoms with Crippen LogP contribution in [0.5, 0.6) is 11.5 Å². The van der Waals surface area contributed by atoms with E-state index < -0.39 is 11.7 Å². The fourth-order valence-corrected chi connectivity index (χ4v) is 3.10. The highest BCUT2D eigenvalue weighted by Crippen LogP contribution is 2.35. The molecule has 0 heterocycles. The molecule has 0 saturated carbocycles. The number of rotatable bonds is 7. The summed E-state index contributed by atoms with van der Waals surface area (Å²) >= 11 is 2.12. The molecule has 2 rings (SSSR count). The van der Waals surface area contributed by atoms with Gasteiger partial charge in [-0.2, -0.15) is 5.26 Å². The zero-order valence-electron chi connectivity index (χ0n) is 15.8. The number of carbonyl (C=O) groups excluding carboxylic acids is 1. The van der Waals surface area contributed by atoms with Crippen molar-refractivity contribution in [1.29, 1.82) is 5.26 Å². The highest BCUT2D eigenvalue weighted by molar-refractivity contribution is 14.1. The number of hydrogen-bond donors (Lipinski definition) is 1. The van der Waals surface area contributed by atoms with Gasteiger partial charge >= 0.3 is 0 Å². The number of halogens is 2. The van der Waals surface area contributed by atoms with Crippen LogP contribution >= 0.6 is 22.6 Å². The summed E-state index contributed by atoms with van der Waals surface area (Å²) in [4.78, 5) is 12.4. The van der Waals surface area contributed by atoms with E-state index in [1.165, 1.54) is 24.3 Å². The summed E-state index contributed by atoms with van der Waals surface area (Å²) in [6.45, 7) is 6.13. The van der Waals surface area contributed by atoms with Gasteiger partial charge in [-0.3, -0.25) is 4.79 Å². The lowest BCUT2D eigenvalue weighted by molar-refractivity contribution is -0.112. The lowest BCUT2D eigenvalue weighted by atomic mass is 10.1. The normalized spacial score (nSPS) is 11.1. The smallest absolute Gasteiger partial charge is 0.266 e. The zero-order chi connectivity index (χ0) is 20.7. The highest BCUT2D eigenvalue weighted by atomic mass is 127. The van der Waals surface area contributed by atoms with Crippen molar-refractivity contribution in [2.75, 3.05) is 11.9 Å². The van der Waals surface area contributed by atoms with Crippen LogP contribution in [0.15, 0.2) is 42.0 Å². The van der Waals surface area contributed by atoms with Crippen LogP contribution in [-0.2, 0) is 4.79 Å². The van der Waals surface area contributed by atoms with Crippen LogP contribution in [0.3, 0.4) is 0 Å². The SMILES string of the molecule is CCOc1cc(/C=C(\C#N)C(=O)Nc2ccccc2F)cc(I)c1OC(C)C. The van der Waals surface area contributed by atoms with Gasteiger partial charge in [0.2, 0.25) is 0 Å². The van der Waals surface area contributed by atoms with Gasteiger partial charge in [0.05, 0.1) is 22.0 Å². The van der Waals surface area contributed by atoms with Crippen LogP contribution in [0.25, 0.3) is 6.08 Å². The molecule has 0 aliphatic carbocycles. The number of carbonyl (C=O) groups is 1. The first-order valence-electron chi connectivity index (χ1n) is 8.66. The van der Waals surface area contributed by atoms with Crippen molar-refractivity contribution >= 4 is 40.3 Å². The second-order valence-electron chi connectivity index (χ2n) is 6.03. The third kappa shape index (κ3) is 5.70. The van der Waals surface area contributed by atoms with E-state index in [0.717, 1.165) is 3.57 Å². The number of nitrogens with one attached hydrogen (secondary N) is 1. The molecule has 0 radical (unpaired) electrons. The van der Waals surface area contributed by atoms with Crippen molar-refractivity contribution < 1.29 is 18.7 Å². The minimum atomic E-state index is -0.692. The first-order chi connectivity index (χ1) is 13.3. The molecule has 5 nitrogen and oxygen atoms in total. The average molecular weight is 494 g/mol. The third-order valence-electron chi connectivity index (χ3n) is 3.48. The van der Waals surface area contributed by atoms with Crippen LogP contribution in [-0.4, -0.2) is 18.6 Å². The van der Waals surface area contributed by atoms with Gasteiger partial charge in [0, 0.05) is 0 Å². The number of nitrogens with zero attached hydrogens (tertiary/aromatic N) is 1. The monoisotopic (exact) mass is 494 g/mol. The van der Waals surface area contributed by atoms with E-state index in [2.05, 4.69) is 27.9 Å². The Morgan fingerprint density at radius 3 is 2.68 bits per heavy atom. The lowest BCUT2D eigenvalue weighted by Gasteiger charge is -2.17. The maximum absolute atomic E-state index is 13.7. The van der Waals surface area contributed by atoms with E-state index in [1.54, 1.807) is 18.2 Å². The van der Waals surface area contributed by atoms with E-state index in [1.807, 2.05) is 26.8 Å². The number of hydrogen-bond acceptors (Lipinski definition) is 4. The van der Waals surface area contributed by atoms with Crippen LogP contribution in [0.1, 0.15) is 26.3 Å². The fraction of sp³-hybridized carbons (Fsp3) is 0.238. The molecule has 0 bridgehead atoms. The molecule has 146 valence electrons. The van der Waals surface area contributed by atoms with Crippen LogP contribution in [0, 0.1) is 20.7 Å². The van der Waals surface area contributed by atoms with Gasteiger partial charge in [-0.1, -0.05) is 12.1 Å². The van der Waals surface area contributed by atoms with Gasteiger partial charge in [0.25, 0.3) is 5.91 Å². The van der Waals surface area contributed by atoms with Crippen molar-refractivity contribution in [2.24, 2.45) is 0 Å². The average Bonchev–Trinajstić information content (AvgIpc) is 2.64. The van der Waals surface area contributed by atoms with Crippen molar-refractivity contribution in [3.05, 3.63) is 56.9 Å². The Bertz CT molecular complexity index is 936. The van der Waals surface area contributed by atoms with Gasteiger partial charge in [0.1, 0.15) is 17.5 Å². The summed E-state index contributed by atoms with van der Waals surface area (Å²) in [5.74, 6) is -0.121. The second-order valence-corrected chi connectivity index (χ2v) is 7.20. The predicted octanol–water partition coefficient (Wildman–Crippen LogP) is 5.16. The van der Waals surface area contributed by atoms with Crippen molar-refractivity contribution in [3.63, 3.8) is 0 Å². The van der Waals surface area contributed by atoms with Gasteiger partial charge in [-0.05, 0) is 79.3 Å². The molecule has 0 fully saturated rings. The summed E-state index contributed by atoms with van der Waals surface area (Å²) < 4.78 is 26.0. The Hall–Kier alpha value is -2.60. The highest BCUT2D eigenvalue weighted by Gasteiger charge is 2.16. The molecule has 7 heteroatoms. The molecule has 0 unspecified atom stereocenters. The summed E-state index contributed by atoms with van der Waals surface area (Å²) in [6, 6.07) is 11.1. The maximum atomic E-state index is 13.7. The first-order valence-corrected chi connectivity index (χ1v) is 9.74. The third-order valence-corrected chi connectivity index (χ3v) is 4.28. The number of para-hydroxylation sites is 1. The Morgan fingerprint density at radius 2 is 2.07 bits per heavy atom. The molecule has 0 aromatic heterocycles. The quantitative estimate of drug-likeness (QED) is 0.328. The summed E-state index contributed by atoms with van der Waals surface area (Å²) in [6.07, 6.45) is 1.40. The van der Waals surface area contributed by atoms with E-state index >= 15 is 0 Å². The van der Waals surface area contributed by atoms with E-state index in [4.69, 9.17) is 9.47 Å². The molecule has 0 spiro atoms. The molecular formula is C21H20FIN2O3. The van der Waals surface area contributed by atoms with Crippen molar-refractivity contribution in [3.8, 4) is 17.6 Å². The topological polar surface area (TPSA) is 71.3 Å². The molecular weight excluding hydrogens is 474 g/mol. The molecule has 1 amide bonds. The van der Waals surface area contributed by atoms with Gasteiger partial charge in [-0.15, -0.1) is 0 Å². The molecule has 0 saturated heterocycles. The van der Waals surface area contributed by atoms with Crippen LogP contribution in [0.2, 0.25) is 0 Å². The van der Waals surface area contributed by atoms with E-state index in [-0.39, 0.29) is 17.4 Å². The predicted molar refractivity (Wildman–Crippen MR) is 115 cm³/mol. The number of anilines is 1. The van der Waals surface area contributed by atoms with Gasteiger partial charge in [-0.25, -0.2) is 4.39 Å². The number of benzene rings is 2. The standard InChI is InChI=1S/C21H20FIN2O3/c1-4-27-19-11-14(10-17(23)20(19)28-13(2)3)9-15(12-24)21(26)25-18-8-6-5-7-16(18)22/h5-11,13H,4H2,1-3H3,(H,25,26)/b15-9+. The number of amides is 1. The van der Waals surface area contributed by atoms with Crippen molar-refractivity contribution in [2.45, 2.75) is 26.9 Å². The molecule has 1 N–H and O–H groups in total. The first kappa shape index (κ1) is 21.7. The summed E-state index contributed by atoms with van der Waals surface area (Å²) in [5, 5.41) is 11.8. The minimum Gasteiger partial charge on any atom is -0.490 e. The zero-order valence-corrected chi connectivity index (χ0v) is 17.9. The number of ether oxygens (including phenoxy) is 2. The van der Waals surface area contributed by atoms with Crippen LogP contribution in [0.4, 0.5) is 10.1 Å². The molecule has 2 aromatic carbocycles. The Labute approximate surface area is 177 Å². The molecule has 28 heavy (non-hydrogen) atoms. The van der Waals surface area contributed by atoms with Crippen molar-refractivity contribution in [1.82, 2.24) is 0 Å². The molecule has 2 aromatic rings. The Morgan fingerprint density at radius 1 is 1.36 bits per heavy atom. The summed E-state index contributed by atoms with van der Waals surface area (Å²) in [5.41, 5.74) is 0.460. The minimum absolute atomic E-state index is 0.0129. The molecule has 0 aliphatic rings. The Kier molecular flexibility index (Phi) is 7.81. The second kappa shape index (κ2) is 10.1. The Balaban J connectivity index is 2.36. The van der Waals surface area contributed by atoms with E-state index in [0.29, 0.717) is 23.7 Å². The van der Waals surface area contributed by atoms with E-state index in [9.17, 15) is 14.4 Å².